The van der Waals surface area contributed by atoms with Crippen molar-refractivity contribution in [3.63, 3.8) is 0 Å². The number of halogens is 1. The number of carbonyl (C=O) groups is 2. The Balaban J connectivity index is 1.83. The quantitative estimate of drug-likeness (QED) is 0.882. The number of hydrogen-bond donors (Lipinski definition) is 2. The first-order chi connectivity index (χ1) is 10.5. The fourth-order valence-corrected chi connectivity index (χ4v) is 2.13. The van der Waals surface area contributed by atoms with E-state index in [1.165, 1.54) is 0 Å². The summed E-state index contributed by atoms with van der Waals surface area (Å²) in [6, 6.07) is 6.65. The van der Waals surface area contributed by atoms with Gasteiger partial charge in [0, 0.05) is 12.1 Å². The molecule has 6 nitrogen and oxygen atoms in total. The number of nitrogens with zero attached hydrogens (tertiary/aromatic N) is 1. The third kappa shape index (κ3) is 3.85. The van der Waals surface area contributed by atoms with Crippen molar-refractivity contribution in [2.24, 2.45) is 0 Å². The zero-order valence-electron chi connectivity index (χ0n) is 12.3. The van der Waals surface area contributed by atoms with Gasteiger partial charge in [-0.1, -0.05) is 28.9 Å². The lowest BCUT2D eigenvalue weighted by atomic mass is 10.2. The smallest absolute Gasteiger partial charge is 0.253 e. The van der Waals surface area contributed by atoms with Crippen molar-refractivity contribution in [3.8, 4) is 0 Å². The highest BCUT2D eigenvalue weighted by atomic mass is 35.5. The summed E-state index contributed by atoms with van der Waals surface area (Å²) in [5, 5.41) is 9.38. The van der Waals surface area contributed by atoms with E-state index in [2.05, 4.69) is 15.8 Å². The molecule has 7 heteroatoms. The summed E-state index contributed by atoms with van der Waals surface area (Å²) in [5.74, 6) is -0.0311. The average Bonchev–Trinajstić information content (AvgIpc) is 2.82. The predicted molar refractivity (Wildman–Crippen MR) is 81.6 cm³/mol. The molecule has 2 amide bonds. The molecule has 116 valence electrons. The van der Waals surface area contributed by atoms with Crippen molar-refractivity contribution < 1.29 is 14.1 Å². The second-order valence-electron chi connectivity index (χ2n) is 4.74. The second kappa shape index (κ2) is 7.09. The van der Waals surface area contributed by atoms with E-state index in [0.29, 0.717) is 22.9 Å². The molecule has 0 aliphatic rings. The van der Waals surface area contributed by atoms with Gasteiger partial charge in [0.1, 0.15) is 5.76 Å². The van der Waals surface area contributed by atoms with Crippen molar-refractivity contribution in [1.82, 2.24) is 15.8 Å². The van der Waals surface area contributed by atoms with Crippen LogP contribution in [0.4, 0.5) is 0 Å². The molecule has 0 unspecified atom stereocenters. The Morgan fingerprint density at radius 2 is 1.95 bits per heavy atom. The highest BCUT2D eigenvalue weighted by molar-refractivity contribution is 6.33. The lowest BCUT2D eigenvalue weighted by molar-refractivity contribution is -0.120. The first-order valence-corrected chi connectivity index (χ1v) is 7.08. The summed E-state index contributed by atoms with van der Waals surface area (Å²) in [5.41, 5.74) is 1.91. The Morgan fingerprint density at radius 1 is 1.23 bits per heavy atom. The monoisotopic (exact) mass is 321 g/mol. The van der Waals surface area contributed by atoms with Gasteiger partial charge in [-0.25, -0.2) is 0 Å². The molecule has 1 heterocycles. The van der Waals surface area contributed by atoms with E-state index in [1.807, 2.05) is 0 Å². The van der Waals surface area contributed by atoms with E-state index < -0.39 is 5.91 Å². The summed E-state index contributed by atoms with van der Waals surface area (Å²) in [6.45, 7) is 3.76. The van der Waals surface area contributed by atoms with Gasteiger partial charge < -0.3 is 15.2 Å². The Bertz CT molecular complexity index is 678. The molecule has 22 heavy (non-hydrogen) atoms. The van der Waals surface area contributed by atoms with Crippen molar-refractivity contribution in [1.29, 1.82) is 0 Å². The Labute approximate surface area is 132 Å². The third-order valence-electron chi connectivity index (χ3n) is 3.17. The van der Waals surface area contributed by atoms with E-state index in [1.54, 1.807) is 38.1 Å². The predicted octanol–water partition coefficient (Wildman–Crippen LogP) is 1.99. The van der Waals surface area contributed by atoms with Gasteiger partial charge in [0.15, 0.2) is 0 Å². The summed E-state index contributed by atoms with van der Waals surface area (Å²) in [6.07, 6.45) is 0. The largest absolute Gasteiger partial charge is 0.361 e. The van der Waals surface area contributed by atoms with Gasteiger partial charge in [-0.3, -0.25) is 9.59 Å². The minimum absolute atomic E-state index is 0.132. The zero-order chi connectivity index (χ0) is 16.1. The maximum absolute atomic E-state index is 11.9. The molecule has 0 saturated heterocycles. The topological polar surface area (TPSA) is 84.2 Å². The van der Waals surface area contributed by atoms with Crippen LogP contribution in [-0.2, 0) is 11.3 Å². The van der Waals surface area contributed by atoms with Crippen molar-refractivity contribution in [3.05, 3.63) is 51.9 Å². The van der Waals surface area contributed by atoms with Crippen LogP contribution in [0, 0.1) is 13.8 Å². The third-order valence-corrected chi connectivity index (χ3v) is 3.50. The fraction of sp³-hybridized carbons (Fsp3) is 0.267. The maximum atomic E-state index is 11.9. The highest BCUT2D eigenvalue weighted by Gasteiger charge is 2.13. The van der Waals surface area contributed by atoms with Crippen molar-refractivity contribution in [2.75, 3.05) is 6.54 Å². The summed E-state index contributed by atoms with van der Waals surface area (Å²) >= 11 is 5.92. The number of nitrogens with one attached hydrogen (secondary N) is 2. The van der Waals surface area contributed by atoms with Gasteiger partial charge >= 0.3 is 0 Å². The number of hydrogen-bond acceptors (Lipinski definition) is 4. The Hall–Kier alpha value is -2.34. The van der Waals surface area contributed by atoms with Crippen LogP contribution in [-0.4, -0.2) is 23.5 Å². The second-order valence-corrected chi connectivity index (χ2v) is 5.15. The number of rotatable bonds is 5. The molecule has 0 spiro atoms. The molecule has 0 bridgehead atoms. The average molecular weight is 322 g/mol. The van der Waals surface area contributed by atoms with Gasteiger partial charge in [-0.2, -0.15) is 0 Å². The molecule has 0 atom stereocenters. The van der Waals surface area contributed by atoms with E-state index in [-0.39, 0.29) is 12.5 Å². The van der Waals surface area contributed by atoms with Gasteiger partial charge in [0.25, 0.3) is 5.91 Å². The van der Waals surface area contributed by atoms with E-state index in [0.717, 1.165) is 11.3 Å². The first kappa shape index (κ1) is 16.0. The highest BCUT2D eigenvalue weighted by Crippen LogP contribution is 2.14. The molecular weight excluding hydrogens is 306 g/mol. The lowest BCUT2D eigenvalue weighted by Gasteiger charge is -2.07. The number of aryl methyl sites for hydroxylation is 2. The molecule has 0 saturated carbocycles. The normalized spacial score (nSPS) is 10.3. The van der Waals surface area contributed by atoms with Gasteiger partial charge in [-0.05, 0) is 26.0 Å². The van der Waals surface area contributed by atoms with Crippen LogP contribution < -0.4 is 10.6 Å². The van der Waals surface area contributed by atoms with Gasteiger partial charge in [0.05, 0.1) is 22.8 Å². The van der Waals surface area contributed by atoms with E-state index in [4.69, 9.17) is 16.1 Å². The van der Waals surface area contributed by atoms with Crippen LogP contribution in [0.5, 0.6) is 0 Å². The minimum Gasteiger partial charge on any atom is -0.361 e. The SMILES string of the molecule is Cc1noc(C)c1CNC(=O)CNC(=O)c1ccccc1Cl. The molecule has 0 aliphatic carbocycles. The van der Waals surface area contributed by atoms with Crippen molar-refractivity contribution in [2.45, 2.75) is 20.4 Å². The van der Waals surface area contributed by atoms with Gasteiger partial charge in [-0.15, -0.1) is 0 Å². The van der Waals surface area contributed by atoms with Crippen LogP contribution >= 0.6 is 11.6 Å². The number of aromatic nitrogens is 1. The van der Waals surface area contributed by atoms with E-state index >= 15 is 0 Å². The summed E-state index contributed by atoms with van der Waals surface area (Å²) < 4.78 is 5.01. The van der Waals surface area contributed by atoms with Gasteiger partial charge in [0.2, 0.25) is 5.91 Å². The molecule has 2 aromatic rings. The summed E-state index contributed by atoms with van der Waals surface area (Å²) in [7, 11) is 0. The standard InChI is InChI=1S/C15H16ClN3O3/c1-9-12(10(2)22-19-9)7-17-14(20)8-18-15(21)11-5-3-4-6-13(11)16/h3-6H,7-8H2,1-2H3,(H,17,20)(H,18,21). The Morgan fingerprint density at radius 3 is 2.59 bits per heavy atom. The molecule has 2 rings (SSSR count). The molecule has 0 radical (unpaired) electrons. The van der Waals surface area contributed by atoms with Crippen LogP contribution in [0.15, 0.2) is 28.8 Å². The van der Waals surface area contributed by atoms with E-state index in [9.17, 15) is 9.59 Å². The first-order valence-electron chi connectivity index (χ1n) is 6.70. The van der Waals surface area contributed by atoms with Crippen LogP contribution in [0.1, 0.15) is 27.4 Å². The fourth-order valence-electron chi connectivity index (χ4n) is 1.90. The van der Waals surface area contributed by atoms with Crippen LogP contribution in [0.3, 0.4) is 0 Å². The Kier molecular flexibility index (Phi) is 5.16. The molecule has 1 aromatic heterocycles. The molecule has 0 fully saturated rings. The van der Waals surface area contributed by atoms with Crippen LogP contribution in [0.2, 0.25) is 5.02 Å². The lowest BCUT2D eigenvalue weighted by Crippen LogP contribution is -2.36. The number of carbonyl (C=O) groups excluding carboxylic acids is 2. The number of benzene rings is 1. The maximum Gasteiger partial charge on any atom is 0.253 e. The van der Waals surface area contributed by atoms with Crippen LogP contribution in [0.25, 0.3) is 0 Å². The minimum atomic E-state index is -0.391. The van der Waals surface area contributed by atoms with Crippen molar-refractivity contribution >= 4 is 23.4 Å². The molecule has 2 N–H and O–H groups in total. The molecular formula is C15H16ClN3O3. The zero-order valence-corrected chi connectivity index (χ0v) is 13.0. The summed E-state index contributed by atoms with van der Waals surface area (Å²) in [4.78, 5) is 23.7. The molecule has 0 aliphatic heterocycles. The number of amides is 2. The molecule has 1 aromatic carbocycles.